The lowest BCUT2D eigenvalue weighted by atomic mass is 10.1. The molecule has 1 N–H and O–H groups in total. The summed E-state index contributed by atoms with van der Waals surface area (Å²) in [6.07, 6.45) is 0. The zero-order valence-corrected chi connectivity index (χ0v) is 7.52. The molecule has 1 amide bonds. The Morgan fingerprint density at radius 2 is 2.21 bits per heavy atom. The van der Waals surface area contributed by atoms with Gasteiger partial charge in [-0.05, 0) is 17.3 Å². The van der Waals surface area contributed by atoms with Crippen LogP contribution >= 0.6 is 0 Å². The summed E-state index contributed by atoms with van der Waals surface area (Å²) in [7, 11) is 1.61. The summed E-state index contributed by atoms with van der Waals surface area (Å²) >= 11 is 0. The second-order valence-corrected chi connectivity index (χ2v) is 3.21. The third-order valence-electron chi connectivity index (χ3n) is 2.32. The predicted octanol–water partition coefficient (Wildman–Crippen LogP) is 1.38. The second-order valence-electron chi connectivity index (χ2n) is 3.21. The lowest BCUT2D eigenvalue weighted by molar-refractivity contribution is 0.0817. The maximum atomic E-state index is 11.5. The summed E-state index contributed by atoms with van der Waals surface area (Å²) in [5.41, 5.74) is 0.796. The predicted molar refractivity (Wildman–Crippen MR) is 49.4 cm³/mol. The molecule has 1 aromatic rings. The first kappa shape index (κ1) is 8.68. The van der Waals surface area contributed by atoms with Crippen molar-refractivity contribution in [3.8, 4) is 5.75 Å². The van der Waals surface area contributed by atoms with E-state index in [9.17, 15) is 14.8 Å². The van der Waals surface area contributed by atoms with E-state index in [2.05, 4.69) is 5.18 Å². The Morgan fingerprint density at radius 3 is 2.86 bits per heavy atom. The average molecular weight is 192 g/mol. The first-order chi connectivity index (χ1) is 6.65. The molecule has 0 saturated heterocycles. The van der Waals surface area contributed by atoms with Gasteiger partial charge in [0.2, 0.25) is 0 Å². The number of carbonyl (C=O) groups is 1. The number of benzene rings is 1. The van der Waals surface area contributed by atoms with Crippen LogP contribution in [0, 0.1) is 4.91 Å². The lowest BCUT2D eigenvalue weighted by Crippen LogP contribution is -2.17. The van der Waals surface area contributed by atoms with Crippen molar-refractivity contribution in [1.82, 2.24) is 4.90 Å². The van der Waals surface area contributed by atoms with Crippen molar-refractivity contribution in [2.75, 3.05) is 7.05 Å². The molecule has 5 nitrogen and oxygen atoms in total. The van der Waals surface area contributed by atoms with Crippen LogP contribution in [0.2, 0.25) is 0 Å². The van der Waals surface area contributed by atoms with Crippen LogP contribution in [-0.4, -0.2) is 23.0 Å². The third kappa shape index (κ3) is 0.985. The van der Waals surface area contributed by atoms with Crippen molar-refractivity contribution in [1.29, 1.82) is 0 Å². The minimum Gasteiger partial charge on any atom is -0.508 e. The van der Waals surface area contributed by atoms with Gasteiger partial charge in [0, 0.05) is 12.6 Å². The van der Waals surface area contributed by atoms with Crippen molar-refractivity contribution >= 4 is 11.6 Å². The van der Waals surface area contributed by atoms with Crippen LogP contribution in [0.4, 0.5) is 5.69 Å². The molecule has 0 unspecified atom stereocenters. The van der Waals surface area contributed by atoms with Gasteiger partial charge < -0.3 is 10.0 Å². The average Bonchev–Trinajstić information content (AvgIpc) is 2.47. The maximum absolute atomic E-state index is 11.5. The summed E-state index contributed by atoms with van der Waals surface area (Å²) in [4.78, 5) is 23.4. The van der Waals surface area contributed by atoms with Crippen molar-refractivity contribution in [2.45, 2.75) is 6.54 Å². The molecule has 0 aliphatic carbocycles. The fraction of sp³-hybridized carbons (Fsp3) is 0.222. The number of nitroso groups, excluding NO2 is 1. The summed E-state index contributed by atoms with van der Waals surface area (Å²) in [5.74, 6) is -0.240. The molecule has 0 atom stereocenters. The molecule has 0 fully saturated rings. The van der Waals surface area contributed by atoms with Crippen LogP contribution in [0.1, 0.15) is 15.9 Å². The quantitative estimate of drug-likeness (QED) is 0.683. The Balaban J connectivity index is 2.70. The van der Waals surface area contributed by atoms with Crippen LogP contribution in [-0.2, 0) is 6.54 Å². The molecule has 0 saturated carbocycles. The zero-order chi connectivity index (χ0) is 10.3. The first-order valence-corrected chi connectivity index (χ1v) is 4.09. The molecule has 14 heavy (non-hydrogen) atoms. The zero-order valence-electron chi connectivity index (χ0n) is 7.52. The van der Waals surface area contributed by atoms with Gasteiger partial charge in [0.1, 0.15) is 11.4 Å². The van der Waals surface area contributed by atoms with Crippen molar-refractivity contribution in [3.63, 3.8) is 0 Å². The van der Waals surface area contributed by atoms with E-state index in [1.165, 1.54) is 17.0 Å². The summed E-state index contributed by atoms with van der Waals surface area (Å²) in [5, 5.41) is 12.2. The van der Waals surface area contributed by atoms with E-state index in [1.807, 2.05) is 0 Å². The Hall–Kier alpha value is -1.91. The maximum Gasteiger partial charge on any atom is 0.256 e. The highest BCUT2D eigenvalue weighted by molar-refractivity contribution is 6.03. The molecule has 0 spiro atoms. The molecule has 1 aliphatic heterocycles. The molecule has 2 rings (SSSR count). The number of nitrogens with zero attached hydrogens (tertiary/aromatic N) is 2. The highest BCUT2D eigenvalue weighted by Gasteiger charge is 2.30. The summed E-state index contributed by atoms with van der Waals surface area (Å²) < 4.78 is 0. The molecule has 1 heterocycles. The standard InChI is InChI=1S/C9H8N2O3/c1-11-4-5-7(12)3-2-6(10-14)8(5)9(11)13/h2-3,12H,4H2,1H3. The van der Waals surface area contributed by atoms with Crippen molar-refractivity contribution < 1.29 is 9.90 Å². The van der Waals surface area contributed by atoms with Gasteiger partial charge in [-0.2, -0.15) is 0 Å². The molecule has 1 aliphatic rings. The van der Waals surface area contributed by atoms with Crippen LogP contribution in [0.5, 0.6) is 5.75 Å². The number of amides is 1. The topological polar surface area (TPSA) is 70.0 Å². The second kappa shape index (κ2) is 2.80. The number of carbonyl (C=O) groups excluding carboxylic acids is 1. The van der Waals surface area contributed by atoms with Crippen LogP contribution in [0.15, 0.2) is 17.3 Å². The molecule has 0 radical (unpaired) electrons. The minimum atomic E-state index is -0.273. The van der Waals surface area contributed by atoms with E-state index in [0.717, 1.165) is 0 Å². The molecule has 0 bridgehead atoms. The highest BCUT2D eigenvalue weighted by Crippen LogP contribution is 2.35. The molecular weight excluding hydrogens is 184 g/mol. The van der Waals surface area contributed by atoms with E-state index in [0.29, 0.717) is 12.1 Å². The van der Waals surface area contributed by atoms with Gasteiger partial charge >= 0.3 is 0 Å². The summed E-state index contributed by atoms with van der Waals surface area (Å²) in [6.45, 7) is 0.323. The van der Waals surface area contributed by atoms with E-state index in [4.69, 9.17) is 0 Å². The fourth-order valence-electron chi connectivity index (χ4n) is 1.60. The van der Waals surface area contributed by atoms with Gasteiger partial charge in [0.05, 0.1) is 12.1 Å². The Labute approximate surface area is 79.9 Å². The number of phenols is 1. The smallest absolute Gasteiger partial charge is 0.256 e. The molecular formula is C9H8N2O3. The van der Waals surface area contributed by atoms with Crippen LogP contribution in [0.3, 0.4) is 0 Å². The highest BCUT2D eigenvalue weighted by atomic mass is 16.3. The lowest BCUT2D eigenvalue weighted by Gasteiger charge is -2.04. The molecule has 5 heteroatoms. The number of fused-ring (bicyclic) bond motifs is 1. The van der Waals surface area contributed by atoms with Gasteiger partial charge in [-0.3, -0.25) is 4.79 Å². The number of aromatic hydroxyl groups is 1. The monoisotopic (exact) mass is 192 g/mol. The van der Waals surface area contributed by atoms with Crippen molar-refractivity contribution in [2.24, 2.45) is 5.18 Å². The van der Waals surface area contributed by atoms with E-state index in [1.54, 1.807) is 7.05 Å². The number of phenolic OH excluding ortho intramolecular Hbond substituents is 1. The first-order valence-electron chi connectivity index (χ1n) is 4.09. The van der Waals surface area contributed by atoms with Gasteiger partial charge in [0.25, 0.3) is 5.91 Å². The SMILES string of the molecule is CN1Cc2c(O)ccc(N=O)c2C1=O. The summed E-state index contributed by atoms with van der Waals surface area (Å²) in [6, 6.07) is 2.72. The van der Waals surface area contributed by atoms with E-state index >= 15 is 0 Å². The van der Waals surface area contributed by atoms with Crippen LogP contribution in [0.25, 0.3) is 0 Å². The van der Waals surface area contributed by atoms with Gasteiger partial charge in [-0.15, -0.1) is 4.91 Å². The number of hydrogen-bond acceptors (Lipinski definition) is 4. The van der Waals surface area contributed by atoms with Gasteiger partial charge in [-0.1, -0.05) is 0 Å². The minimum absolute atomic E-state index is 0.0325. The van der Waals surface area contributed by atoms with Gasteiger partial charge in [-0.25, -0.2) is 0 Å². The van der Waals surface area contributed by atoms with Gasteiger partial charge in [0.15, 0.2) is 0 Å². The molecule has 1 aromatic carbocycles. The molecule has 72 valence electrons. The normalized spacial score (nSPS) is 14.4. The van der Waals surface area contributed by atoms with Crippen molar-refractivity contribution in [3.05, 3.63) is 28.2 Å². The number of rotatable bonds is 1. The Morgan fingerprint density at radius 1 is 1.50 bits per heavy atom. The fourth-order valence-corrected chi connectivity index (χ4v) is 1.60. The van der Waals surface area contributed by atoms with E-state index < -0.39 is 0 Å². The van der Waals surface area contributed by atoms with E-state index in [-0.39, 0.29) is 22.9 Å². The number of hydrogen-bond donors (Lipinski definition) is 1. The Bertz CT molecular complexity index is 428. The molecule has 0 aromatic heterocycles. The largest absolute Gasteiger partial charge is 0.508 e. The Kier molecular flexibility index (Phi) is 1.73. The third-order valence-corrected chi connectivity index (χ3v) is 2.32. The van der Waals surface area contributed by atoms with Crippen LogP contribution < -0.4 is 0 Å².